The number of rotatable bonds is 9. The molecule has 116 valence electrons. The van der Waals surface area contributed by atoms with Crippen LogP contribution in [-0.2, 0) is 14.3 Å². The largest absolute Gasteiger partial charge is 0.469 e. The van der Waals surface area contributed by atoms with Crippen molar-refractivity contribution < 1.29 is 14.3 Å². The van der Waals surface area contributed by atoms with Crippen molar-refractivity contribution in [3.05, 3.63) is 35.9 Å². The second kappa shape index (κ2) is 7.57. The maximum Gasteiger partial charge on any atom is 0.314 e. The third-order valence-electron chi connectivity index (χ3n) is 4.33. The van der Waals surface area contributed by atoms with Crippen molar-refractivity contribution in [3.8, 4) is 0 Å². The van der Waals surface area contributed by atoms with E-state index in [1.54, 1.807) is 7.11 Å². The van der Waals surface area contributed by atoms with Crippen LogP contribution in [0.3, 0.4) is 0 Å². The molecule has 0 saturated heterocycles. The van der Waals surface area contributed by atoms with Gasteiger partial charge in [-0.2, -0.15) is 0 Å². The predicted molar refractivity (Wildman–Crippen MR) is 82.2 cm³/mol. The minimum atomic E-state index is -0.241. The highest BCUT2D eigenvalue weighted by molar-refractivity contribution is 5.78. The Morgan fingerprint density at radius 2 is 2.00 bits per heavy atom. The summed E-state index contributed by atoms with van der Waals surface area (Å²) in [7, 11) is 3.19. The molecule has 1 atom stereocenters. The van der Waals surface area contributed by atoms with Gasteiger partial charge in [0, 0.05) is 26.8 Å². The van der Waals surface area contributed by atoms with Gasteiger partial charge >= 0.3 is 5.97 Å². The van der Waals surface area contributed by atoms with Crippen LogP contribution in [0.15, 0.2) is 30.3 Å². The molecular formula is C17H25NO3. The smallest absolute Gasteiger partial charge is 0.314 e. The maximum atomic E-state index is 12.0. The Balaban J connectivity index is 1.87. The van der Waals surface area contributed by atoms with E-state index in [4.69, 9.17) is 9.47 Å². The molecule has 0 amide bonds. The Hall–Kier alpha value is -1.39. The van der Waals surface area contributed by atoms with Crippen molar-refractivity contribution >= 4 is 5.97 Å². The second-order valence-corrected chi connectivity index (χ2v) is 5.86. The predicted octanol–water partition coefficient (Wildman–Crippen LogP) is 2.35. The number of benzene rings is 1. The van der Waals surface area contributed by atoms with E-state index in [1.807, 2.05) is 30.3 Å². The Bertz CT molecular complexity index is 443. The molecule has 1 aliphatic rings. The summed E-state index contributed by atoms with van der Waals surface area (Å²) in [6, 6.07) is 9.80. The first kappa shape index (κ1) is 16.0. The van der Waals surface area contributed by atoms with Crippen LogP contribution >= 0.6 is 0 Å². The van der Waals surface area contributed by atoms with E-state index in [0.29, 0.717) is 12.0 Å². The zero-order chi connectivity index (χ0) is 15.1. The Kier molecular flexibility index (Phi) is 5.76. The SMILES string of the molecule is COCCC1(CNCC(C(=O)OC)c2ccccc2)CC1. The summed E-state index contributed by atoms with van der Waals surface area (Å²) >= 11 is 0. The third kappa shape index (κ3) is 4.55. The first-order valence-corrected chi connectivity index (χ1v) is 7.53. The van der Waals surface area contributed by atoms with Gasteiger partial charge in [-0.1, -0.05) is 30.3 Å². The van der Waals surface area contributed by atoms with Crippen LogP contribution in [0.5, 0.6) is 0 Å². The number of methoxy groups -OCH3 is 2. The van der Waals surface area contributed by atoms with Crippen LogP contribution in [0.2, 0.25) is 0 Å². The molecule has 1 aliphatic carbocycles. The van der Waals surface area contributed by atoms with Gasteiger partial charge in [0.05, 0.1) is 13.0 Å². The highest BCUT2D eigenvalue weighted by atomic mass is 16.5. The van der Waals surface area contributed by atoms with Crippen LogP contribution in [0.1, 0.15) is 30.7 Å². The number of ether oxygens (including phenoxy) is 2. The standard InChI is InChI=1S/C17H25NO3/c1-20-11-10-17(8-9-17)13-18-12-15(16(19)21-2)14-6-4-3-5-7-14/h3-7,15,18H,8-13H2,1-2H3. The van der Waals surface area contributed by atoms with E-state index >= 15 is 0 Å². The average molecular weight is 291 g/mol. The van der Waals surface area contributed by atoms with Gasteiger partial charge in [0.2, 0.25) is 0 Å². The Morgan fingerprint density at radius 3 is 2.57 bits per heavy atom. The Morgan fingerprint density at radius 1 is 1.29 bits per heavy atom. The molecule has 1 unspecified atom stereocenters. The average Bonchev–Trinajstić information content (AvgIpc) is 3.30. The minimum absolute atomic E-state index is 0.185. The topological polar surface area (TPSA) is 47.6 Å². The fourth-order valence-corrected chi connectivity index (χ4v) is 2.66. The summed E-state index contributed by atoms with van der Waals surface area (Å²) in [6.07, 6.45) is 3.58. The summed E-state index contributed by atoms with van der Waals surface area (Å²) in [5, 5.41) is 3.45. The van der Waals surface area contributed by atoms with E-state index in [1.165, 1.54) is 20.0 Å². The van der Waals surface area contributed by atoms with Gasteiger partial charge in [-0.25, -0.2) is 0 Å². The lowest BCUT2D eigenvalue weighted by Crippen LogP contribution is -2.32. The third-order valence-corrected chi connectivity index (χ3v) is 4.33. The summed E-state index contributed by atoms with van der Waals surface area (Å²) in [4.78, 5) is 12.0. The van der Waals surface area contributed by atoms with E-state index in [-0.39, 0.29) is 11.9 Å². The molecule has 0 aromatic heterocycles. The van der Waals surface area contributed by atoms with Crippen LogP contribution in [0.4, 0.5) is 0 Å². The van der Waals surface area contributed by atoms with Crippen molar-refractivity contribution in [1.29, 1.82) is 0 Å². The van der Waals surface area contributed by atoms with Gasteiger partial charge in [-0.3, -0.25) is 4.79 Å². The van der Waals surface area contributed by atoms with Crippen molar-refractivity contribution in [2.75, 3.05) is 33.9 Å². The molecule has 1 saturated carbocycles. The lowest BCUT2D eigenvalue weighted by molar-refractivity contribution is -0.142. The van der Waals surface area contributed by atoms with Crippen LogP contribution in [0.25, 0.3) is 0 Å². The molecular weight excluding hydrogens is 266 g/mol. The van der Waals surface area contributed by atoms with Crippen molar-refractivity contribution in [2.45, 2.75) is 25.2 Å². The Labute approximate surface area is 126 Å². The molecule has 21 heavy (non-hydrogen) atoms. The first-order valence-electron chi connectivity index (χ1n) is 7.53. The van der Waals surface area contributed by atoms with E-state index in [2.05, 4.69) is 5.32 Å². The van der Waals surface area contributed by atoms with Crippen LogP contribution < -0.4 is 5.32 Å². The molecule has 4 nitrogen and oxygen atoms in total. The fourth-order valence-electron chi connectivity index (χ4n) is 2.66. The molecule has 4 heteroatoms. The van der Waals surface area contributed by atoms with Crippen molar-refractivity contribution in [3.63, 3.8) is 0 Å². The molecule has 0 bridgehead atoms. The number of hydrogen-bond donors (Lipinski definition) is 1. The maximum absolute atomic E-state index is 12.0. The molecule has 0 aliphatic heterocycles. The molecule has 1 fully saturated rings. The minimum Gasteiger partial charge on any atom is -0.469 e. The summed E-state index contributed by atoms with van der Waals surface area (Å²) in [6.45, 7) is 2.36. The highest BCUT2D eigenvalue weighted by Crippen LogP contribution is 2.48. The number of esters is 1. The van der Waals surface area contributed by atoms with Crippen molar-refractivity contribution in [2.24, 2.45) is 5.41 Å². The molecule has 1 aromatic rings. The van der Waals surface area contributed by atoms with E-state index < -0.39 is 0 Å². The summed E-state index contributed by atoms with van der Waals surface area (Å²) in [5.74, 6) is -0.426. The van der Waals surface area contributed by atoms with Gasteiger partial charge < -0.3 is 14.8 Å². The lowest BCUT2D eigenvalue weighted by atomic mass is 9.98. The van der Waals surface area contributed by atoms with E-state index in [0.717, 1.165) is 25.1 Å². The fraction of sp³-hybridized carbons (Fsp3) is 0.588. The van der Waals surface area contributed by atoms with Crippen molar-refractivity contribution in [1.82, 2.24) is 5.32 Å². The van der Waals surface area contributed by atoms with E-state index in [9.17, 15) is 4.79 Å². The molecule has 0 heterocycles. The second-order valence-electron chi connectivity index (χ2n) is 5.86. The molecule has 2 rings (SSSR count). The summed E-state index contributed by atoms with van der Waals surface area (Å²) in [5.41, 5.74) is 1.38. The molecule has 1 aromatic carbocycles. The molecule has 0 spiro atoms. The highest BCUT2D eigenvalue weighted by Gasteiger charge is 2.41. The van der Waals surface area contributed by atoms with Gasteiger partial charge in [-0.05, 0) is 30.2 Å². The zero-order valence-corrected chi connectivity index (χ0v) is 12.9. The normalized spacial score (nSPS) is 17.2. The quantitative estimate of drug-likeness (QED) is 0.710. The number of hydrogen-bond acceptors (Lipinski definition) is 4. The van der Waals surface area contributed by atoms with Gasteiger partial charge in [0.1, 0.15) is 0 Å². The monoisotopic (exact) mass is 291 g/mol. The zero-order valence-electron chi connectivity index (χ0n) is 12.9. The number of nitrogens with one attached hydrogen (secondary N) is 1. The number of carbonyl (C=O) groups excluding carboxylic acids is 1. The molecule has 1 N–H and O–H groups in total. The lowest BCUT2D eigenvalue weighted by Gasteiger charge is -2.19. The molecule has 0 radical (unpaired) electrons. The summed E-state index contributed by atoms with van der Waals surface area (Å²) < 4.78 is 10.1. The van der Waals surface area contributed by atoms with Gasteiger partial charge in [-0.15, -0.1) is 0 Å². The first-order chi connectivity index (χ1) is 10.2. The number of carbonyl (C=O) groups is 1. The van der Waals surface area contributed by atoms with Crippen LogP contribution in [0, 0.1) is 5.41 Å². The van der Waals surface area contributed by atoms with Gasteiger partial charge in [0.15, 0.2) is 0 Å². The van der Waals surface area contributed by atoms with Crippen LogP contribution in [-0.4, -0.2) is 39.9 Å². The van der Waals surface area contributed by atoms with Gasteiger partial charge in [0.25, 0.3) is 0 Å².